The van der Waals surface area contributed by atoms with Crippen molar-refractivity contribution in [3.05, 3.63) is 88.5 Å². The van der Waals surface area contributed by atoms with Gasteiger partial charge in [-0.3, -0.25) is 0 Å². The average Bonchev–Trinajstić information content (AvgIpc) is 2.74. The van der Waals surface area contributed by atoms with Crippen molar-refractivity contribution in [2.75, 3.05) is 0 Å². The molecule has 0 bridgehead atoms. The van der Waals surface area contributed by atoms with E-state index in [1.165, 1.54) is 0 Å². The number of benzene rings is 3. The molecular formula is C18H5F12P. The fraction of sp³-hybridized carbons (Fsp3) is 0. The molecule has 3 aromatic rings. The van der Waals surface area contributed by atoms with Crippen molar-refractivity contribution in [3.8, 4) is 0 Å². The molecule has 166 valence electrons. The molecule has 3 aromatic carbocycles. The van der Waals surface area contributed by atoms with Crippen LogP contribution in [0, 0.1) is 58.2 Å². The second-order valence-corrected chi connectivity index (χ2v) is 9.30. The quantitative estimate of drug-likeness (QED) is 0.196. The molecule has 0 aromatic heterocycles. The van der Waals surface area contributed by atoms with Gasteiger partial charge in [0.15, 0.2) is 0 Å². The zero-order valence-electron chi connectivity index (χ0n) is 14.4. The van der Waals surface area contributed by atoms with Crippen molar-refractivity contribution in [2.24, 2.45) is 0 Å². The monoisotopic (exact) mass is 480 g/mol. The second kappa shape index (κ2) is 7.15. The minimum atomic E-state index is -8.54. The number of hydrogen-bond donors (Lipinski definition) is 0. The van der Waals surface area contributed by atoms with Gasteiger partial charge in [-0.25, -0.2) is 0 Å². The summed E-state index contributed by atoms with van der Waals surface area (Å²) < 4.78 is 172. The molecule has 0 nitrogen and oxygen atoms in total. The zero-order valence-corrected chi connectivity index (χ0v) is 15.3. The van der Waals surface area contributed by atoms with E-state index in [2.05, 4.69) is 0 Å². The molecule has 0 saturated carbocycles. The van der Waals surface area contributed by atoms with Crippen LogP contribution in [0.15, 0.2) is 30.3 Å². The van der Waals surface area contributed by atoms with E-state index in [0.29, 0.717) is 0 Å². The van der Waals surface area contributed by atoms with Crippen LogP contribution in [0.4, 0.5) is 52.3 Å². The Balaban J connectivity index is 2.71. The maximum atomic E-state index is 16.3. The molecule has 0 atom stereocenters. The van der Waals surface area contributed by atoms with Gasteiger partial charge in [-0.1, -0.05) is 0 Å². The normalized spacial score (nSPS) is 13.2. The van der Waals surface area contributed by atoms with Gasteiger partial charge in [0.25, 0.3) is 0 Å². The molecule has 13 heteroatoms. The molecule has 31 heavy (non-hydrogen) atoms. The number of hydrogen-bond acceptors (Lipinski definition) is 0. The van der Waals surface area contributed by atoms with Crippen LogP contribution in [0.1, 0.15) is 0 Å². The molecule has 0 radical (unpaired) electrons. The molecule has 0 unspecified atom stereocenters. The van der Waals surface area contributed by atoms with Crippen molar-refractivity contribution < 1.29 is 52.3 Å². The Labute approximate surface area is 164 Å². The standard InChI is InChI=1S/C18H5F12P/c19-7-9(21)13(25)17(14(26)10(7)22)31(29,30,6-4-2-1-3-5-6)18-15(27)11(23)8(20)12(24)16(18)28/h1-5H. The van der Waals surface area contributed by atoms with E-state index in [0.717, 1.165) is 18.2 Å². The van der Waals surface area contributed by atoms with Crippen LogP contribution in [0.5, 0.6) is 0 Å². The summed E-state index contributed by atoms with van der Waals surface area (Å²) in [6.45, 7) is 0. The van der Waals surface area contributed by atoms with E-state index < -0.39 is 81.3 Å². The van der Waals surface area contributed by atoms with Crippen LogP contribution >= 0.6 is 7.22 Å². The first-order chi connectivity index (χ1) is 14.3. The molecule has 3 rings (SSSR count). The van der Waals surface area contributed by atoms with E-state index in [1.54, 1.807) is 0 Å². The fourth-order valence-electron chi connectivity index (χ4n) is 2.94. The molecule has 0 heterocycles. The Hall–Kier alpha value is -2.75. The van der Waals surface area contributed by atoms with E-state index in [4.69, 9.17) is 0 Å². The zero-order chi connectivity index (χ0) is 23.5. The predicted octanol–water partition coefficient (Wildman–Crippen LogP) is 5.68. The summed E-state index contributed by atoms with van der Waals surface area (Å²) in [6.07, 6.45) is 0. The predicted molar refractivity (Wildman–Crippen MR) is 86.9 cm³/mol. The summed E-state index contributed by atoms with van der Waals surface area (Å²) in [7, 11) is -8.54. The Kier molecular flexibility index (Phi) is 5.29. The maximum absolute atomic E-state index is 16.3. The van der Waals surface area contributed by atoms with Crippen LogP contribution in [-0.4, -0.2) is 0 Å². The third-order valence-electron chi connectivity index (χ3n) is 4.37. The van der Waals surface area contributed by atoms with Gasteiger partial charge in [0.05, 0.1) is 0 Å². The van der Waals surface area contributed by atoms with Crippen molar-refractivity contribution in [3.63, 3.8) is 0 Å². The van der Waals surface area contributed by atoms with Gasteiger partial charge in [-0.05, 0) is 0 Å². The Morgan fingerprint density at radius 2 is 0.645 bits per heavy atom. The average molecular weight is 480 g/mol. The molecular weight excluding hydrogens is 475 g/mol. The first-order valence-corrected chi connectivity index (χ1v) is 9.83. The fourth-order valence-corrected chi connectivity index (χ4v) is 6.14. The first kappa shape index (κ1) is 22.9. The minimum absolute atomic E-state index is 0.286. The van der Waals surface area contributed by atoms with E-state index >= 15 is 8.39 Å². The third kappa shape index (κ3) is 2.91. The Morgan fingerprint density at radius 3 is 0.935 bits per heavy atom. The Morgan fingerprint density at radius 1 is 0.387 bits per heavy atom. The summed E-state index contributed by atoms with van der Waals surface area (Å²) in [5.74, 6) is -30.1. The van der Waals surface area contributed by atoms with Gasteiger partial charge in [0.1, 0.15) is 0 Å². The van der Waals surface area contributed by atoms with E-state index in [9.17, 15) is 43.9 Å². The van der Waals surface area contributed by atoms with Gasteiger partial charge in [0.2, 0.25) is 0 Å². The number of halogens is 12. The van der Waals surface area contributed by atoms with Crippen LogP contribution < -0.4 is 15.9 Å². The molecule has 0 saturated heterocycles. The Bertz CT molecular complexity index is 1090. The molecule has 0 aliphatic heterocycles. The summed E-state index contributed by atoms with van der Waals surface area (Å²) in [6, 6.07) is 3.06. The van der Waals surface area contributed by atoms with Crippen LogP contribution in [0.25, 0.3) is 0 Å². The van der Waals surface area contributed by atoms with Crippen molar-refractivity contribution in [1.82, 2.24) is 0 Å². The molecule has 0 spiro atoms. The summed E-state index contributed by atoms with van der Waals surface area (Å²) in [5.41, 5.74) is 0. The van der Waals surface area contributed by atoms with Crippen LogP contribution in [0.3, 0.4) is 0 Å². The molecule has 0 fully saturated rings. The van der Waals surface area contributed by atoms with Gasteiger partial charge < -0.3 is 0 Å². The van der Waals surface area contributed by atoms with E-state index in [-0.39, 0.29) is 12.1 Å². The summed E-state index contributed by atoms with van der Waals surface area (Å²) in [4.78, 5) is 0. The summed E-state index contributed by atoms with van der Waals surface area (Å²) >= 11 is 0. The number of rotatable bonds is 3. The van der Waals surface area contributed by atoms with Crippen molar-refractivity contribution in [1.29, 1.82) is 0 Å². The van der Waals surface area contributed by atoms with Gasteiger partial charge in [-0.2, -0.15) is 0 Å². The van der Waals surface area contributed by atoms with Crippen LogP contribution in [0.2, 0.25) is 0 Å². The first-order valence-electron chi connectivity index (χ1n) is 7.81. The van der Waals surface area contributed by atoms with E-state index in [1.807, 2.05) is 0 Å². The summed E-state index contributed by atoms with van der Waals surface area (Å²) in [5, 5.41) is -7.73. The molecule has 0 N–H and O–H groups in total. The van der Waals surface area contributed by atoms with Gasteiger partial charge in [0, 0.05) is 0 Å². The second-order valence-electron chi connectivity index (χ2n) is 6.08. The molecule has 0 aliphatic rings. The third-order valence-corrected chi connectivity index (χ3v) is 7.93. The molecule has 0 amide bonds. The SMILES string of the molecule is Fc1c(F)c(F)c(P(F)(F)(c2ccccc2)c2c(F)c(F)c(F)c(F)c2F)c(F)c1F. The topological polar surface area (TPSA) is 0 Å². The van der Waals surface area contributed by atoms with Crippen molar-refractivity contribution in [2.45, 2.75) is 0 Å². The molecule has 0 aliphatic carbocycles. The van der Waals surface area contributed by atoms with Crippen LogP contribution in [-0.2, 0) is 0 Å². The van der Waals surface area contributed by atoms with Gasteiger partial charge >= 0.3 is 164 Å². The van der Waals surface area contributed by atoms with Gasteiger partial charge in [-0.15, -0.1) is 0 Å². The van der Waals surface area contributed by atoms with Crippen molar-refractivity contribution >= 4 is 23.1 Å².